The summed E-state index contributed by atoms with van der Waals surface area (Å²) >= 11 is 0. The number of carbonyl (C=O) groups is 1. The van der Waals surface area contributed by atoms with Crippen molar-refractivity contribution in [1.29, 1.82) is 0 Å². The average molecular weight is 423 g/mol. The van der Waals surface area contributed by atoms with Gasteiger partial charge in [0.15, 0.2) is 0 Å². The molecule has 0 fully saturated rings. The lowest BCUT2D eigenvalue weighted by atomic mass is 9.93. The number of carbonyl (C=O) groups excluding carboxylic acids is 1. The summed E-state index contributed by atoms with van der Waals surface area (Å²) in [5, 5.41) is 2.69. The molecule has 164 valence electrons. The third-order valence-corrected chi connectivity index (χ3v) is 6.11. The molecule has 0 saturated heterocycles. The fourth-order valence-corrected chi connectivity index (χ4v) is 4.25. The van der Waals surface area contributed by atoms with Crippen LogP contribution in [0.25, 0.3) is 16.8 Å². The molecule has 0 aromatic heterocycles. The minimum absolute atomic E-state index is 0.219. The van der Waals surface area contributed by atoms with Crippen molar-refractivity contribution in [2.24, 2.45) is 0 Å². The van der Waals surface area contributed by atoms with Crippen LogP contribution in [-0.2, 0) is 6.42 Å². The molecule has 0 bridgehead atoms. The molecular weight excluding hydrogens is 388 g/mol. The first-order valence-electron chi connectivity index (χ1n) is 11.8. The Balaban J connectivity index is 1.45. The second-order valence-corrected chi connectivity index (χ2v) is 8.96. The second-order valence-electron chi connectivity index (χ2n) is 8.96. The summed E-state index contributed by atoms with van der Waals surface area (Å²) in [6.45, 7) is 6.46. The second kappa shape index (κ2) is 11.5. The number of aryl methyl sites for hydroxylation is 2. The summed E-state index contributed by atoms with van der Waals surface area (Å²) in [5.74, 6) is 2.53. The first kappa shape index (κ1) is 23.6. The number of unbranched alkanes of at least 4 members (excludes halogenated alkanes) is 4. The Labute approximate surface area is 193 Å². The third kappa shape index (κ3) is 6.21. The Hall–Kier alpha value is -3.11. The van der Waals surface area contributed by atoms with Crippen molar-refractivity contribution in [3.05, 3.63) is 88.5 Å². The highest BCUT2D eigenvalue weighted by Crippen LogP contribution is 2.27. The van der Waals surface area contributed by atoms with Crippen LogP contribution in [0, 0.1) is 19.3 Å². The third-order valence-electron chi connectivity index (χ3n) is 6.11. The minimum Gasteiger partial charge on any atom is -0.279 e. The summed E-state index contributed by atoms with van der Waals surface area (Å²) in [6, 6.07) is 19.4. The molecule has 1 nitrogen and oxygen atoms in total. The van der Waals surface area contributed by atoms with E-state index < -0.39 is 0 Å². The van der Waals surface area contributed by atoms with Crippen molar-refractivity contribution in [1.82, 2.24) is 0 Å². The number of benzene rings is 3. The standard InChI is InChI=1S/C31H34O/c1-5-31(32)30-21-25(19-18-24(30)4)14-10-8-6-7-9-11-15-26-20-27-16-12-13-17-28(27)29(22-26)23(2)3/h1,11-13,15-23H,6-10,14H2,2-4H3/b15-11-. The minimum atomic E-state index is -0.219. The number of hydrogen-bond acceptors (Lipinski definition) is 1. The van der Waals surface area contributed by atoms with Gasteiger partial charge in [-0.3, -0.25) is 4.79 Å². The quantitative estimate of drug-likeness (QED) is 0.139. The van der Waals surface area contributed by atoms with Crippen LogP contribution in [-0.4, -0.2) is 5.78 Å². The number of hydrogen-bond donors (Lipinski definition) is 0. The van der Waals surface area contributed by atoms with E-state index in [9.17, 15) is 4.79 Å². The van der Waals surface area contributed by atoms with Crippen LogP contribution in [0.5, 0.6) is 0 Å². The van der Waals surface area contributed by atoms with Crippen LogP contribution < -0.4 is 0 Å². The summed E-state index contributed by atoms with van der Waals surface area (Å²) in [6.07, 6.45) is 16.7. The van der Waals surface area contributed by atoms with Gasteiger partial charge in [-0.05, 0) is 89.6 Å². The molecule has 0 spiro atoms. The molecular formula is C31H34O. The van der Waals surface area contributed by atoms with Gasteiger partial charge in [0.2, 0.25) is 5.78 Å². The molecule has 0 aliphatic rings. The molecule has 0 unspecified atom stereocenters. The summed E-state index contributed by atoms with van der Waals surface area (Å²) in [5.41, 5.74) is 5.54. The number of ketones is 1. The Bertz CT molecular complexity index is 1140. The van der Waals surface area contributed by atoms with Gasteiger partial charge in [-0.25, -0.2) is 0 Å². The smallest absolute Gasteiger partial charge is 0.235 e. The topological polar surface area (TPSA) is 17.1 Å². The number of Topliss-reactive ketones (excluding diaryl/α,β-unsaturated/α-hetero) is 1. The van der Waals surface area contributed by atoms with Crippen molar-refractivity contribution in [2.45, 2.75) is 65.2 Å². The first-order chi connectivity index (χ1) is 15.5. The molecule has 3 rings (SSSR count). The van der Waals surface area contributed by atoms with Gasteiger partial charge in [-0.2, -0.15) is 0 Å². The molecule has 0 radical (unpaired) electrons. The SMILES string of the molecule is C#CC(=O)c1cc(CCCCCC/C=C\c2cc(C(C)C)c3ccccc3c2)ccc1C. The van der Waals surface area contributed by atoms with Gasteiger partial charge in [0.25, 0.3) is 0 Å². The Morgan fingerprint density at radius 2 is 1.78 bits per heavy atom. The Kier molecular flexibility index (Phi) is 8.46. The summed E-state index contributed by atoms with van der Waals surface area (Å²) in [4.78, 5) is 11.8. The van der Waals surface area contributed by atoms with Crippen LogP contribution in [0.2, 0.25) is 0 Å². The lowest BCUT2D eigenvalue weighted by Gasteiger charge is -2.11. The fourth-order valence-electron chi connectivity index (χ4n) is 4.25. The van der Waals surface area contributed by atoms with Crippen LogP contribution in [0.3, 0.4) is 0 Å². The molecule has 3 aromatic rings. The van der Waals surface area contributed by atoms with Crippen molar-refractivity contribution >= 4 is 22.6 Å². The molecule has 32 heavy (non-hydrogen) atoms. The molecule has 0 amide bonds. The normalized spacial score (nSPS) is 11.3. The van der Waals surface area contributed by atoms with Crippen molar-refractivity contribution in [3.63, 3.8) is 0 Å². The molecule has 0 N–H and O–H groups in total. The summed E-state index contributed by atoms with van der Waals surface area (Å²) < 4.78 is 0. The summed E-state index contributed by atoms with van der Waals surface area (Å²) in [7, 11) is 0. The van der Waals surface area contributed by atoms with Gasteiger partial charge < -0.3 is 0 Å². The highest BCUT2D eigenvalue weighted by atomic mass is 16.1. The van der Waals surface area contributed by atoms with E-state index in [1.807, 2.05) is 19.1 Å². The van der Waals surface area contributed by atoms with Gasteiger partial charge >= 0.3 is 0 Å². The van der Waals surface area contributed by atoms with Crippen LogP contribution in [0.4, 0.5) is 0 Å². The number of fused-ring (bicyclic) bond motifs is 1. The van der Waals surface area contributed by atoms with E-state index in [4.69, 9.17) is 6.42 Å². The zero-order chi connectivity index (χ0) is 22.9. The lowest BCUT2D eigenvalue weighted by molar-refractivity contribution is 0.105. The maximum Gasteiger partial charge on any atom is 0.235 e. The van der Waals surface area contributed by atoms with E-state index >= 15 is 0 Å². The van der Waals surface area contributed by atoms with Crippen LogP contribution >= 0.6 is 0 Å². The van der Waals surface area contributed by atoms with E-state index in [0.29, 0.717) is 11.5 Å². The van der Waals surface area contributed by atoms with E-state index in [-0.39, 0.29) is 5.78 Å². The predicted octanol–water partition coefficient (Wildman–Crippen LogP) is 8.29. The molecule has 0 heterocycles. The predicted molar refractivity (Wildman–Crippen MR) is 138 cm³/mol. The monoisotopic (exact) mass is 422 g/mol. The zero-order valence-corrected chi connectivity index (χ0v) is 19.7. The lowest BCUT2D eigenvalue weighted by Crippen LogP contribution is -2.00. The van der Waals surface area contributed by atoms with Gasteiger partial charge in [0, 0.05) is 5.56 Å². The molecule has 0 aliphatic carbocycles. The van der Waals surface area contributed by atoms with Crippen molar-refractivity contribution in [3.8, 4) is 12.3 Å². The highest BCUT2D eigenvalue weighted by Gasteiger charge is 2.08. The maximum absolute atomic E-state index is 11.8. The Morgan fingerprint density at radius 3 is 2.56 bits per heavy atom. The number of allylic oxidation sites excluding steroid dienone is 1. The van der Waals surface area contributed by atoms with E-state index in [2.05, 4.69) is 74.4 Å². The molecule has 0 atom stereocenters. The molecule has 3 aromatic carbocycles. The Morgan fingerprint density at radius 1 is 1.00 bits per heavy atom. The molecule has 0 aliphatic heterocycles. The van der Waals surface area contributed by atoms with Gasteiger partial charge in [-0.15, -0.1) is 6.42 Å². The van der Waals surface area contributed by atoms with E-state index in [1.165, 1.54) is 46.7 Å². The fraction of sp³-hybridized carbons (Fsp3) is 0.323. The maximum atomic E-state index is 11.8. The van der Waals surface area contributed by atoms with Crippen molar-refractivity contribution in [2.75, 3.05) is 0 Å². The van der Waals surface area contributed by atoms with E-state index in [0.717, 1.165) is 24.8 Å². The zero-order valence-electron chi connectivity index (χ0n) is 19.7. The molecule has 0 saturated carbocycles. The van der Waals surface area contributed by atoms with Crippen molar-refractivity contribution < 1.29 is 4.79 Å². The number of rotatable bonds is 10. The average Bonchev–Trinajstić information content (AvgIpc) is 2.80. The van der Waals surface area contributed by atoms with E-state index in [1.54, 1.807) is 0 Å². The first-order valence-corrected chi connectivity index (χ1v) is 11.8. The number of terminal acetylenes is 1. The van der Waals surface area contributed by atoms with Crippen LogP contribution in [0.1, 0.15) is 84.5 Å². The highest BCUT2D eigenvalue weighted by molar-refractivity contribution is 6.09. The largest absolute Gasteiger partial charge is 0.279 e. The van der Waals surface area contributed by atoms with Gasteiger partial charge in [0.05, 0.1) is 0 Å². The van der Waals surface area contributed by atoms with Gasteiger partial charge in [0.1, 0.15) is 0 Å². The van der Waals surface area contributed by atoms with Gasteiger partial charge in [-0.1, -0.05) is 81.3 Å². The van der Waals surface area contributed by atoms with Crippen LogP contribution in [0.15, 0.2) is 60.7 Å². The molecule has 1 heteroatoms.